The van der Waals surface area contributed by atoms with Gasteiger partial charge >= 0.3 is 0 Å². The second-order valence-corrected chi connectivity index (χ2v) is 3.55. The smallest absolute Gasteiger partial charge is 0.272 e. The first-order valence-electron chi connectivity index (χ1n) is 5.22. The van der Waals surface area contributed by atoms with Crippen molar-refractivity contribution in [1.29, 1.82) is 0 Å². The maximum Gasteiger partial charge on any atom is 0.272 e. The molecule has 0 fully saturated rings. The quantitative estimate of drug-likeness (QED) is 0.785. The minimum absolute atomic E-state index is 0.0453. The van der Waals surface area contributed by atoms with Gasteiger partial charge in [-0.3, -0.25) is 9.89 Å². The highest BCUT2D eigenvalue weighted by molar-refractivity contribution is 5.93. The molecule has 1 amide bonds. The zero-order valence-corrected chi connectivity index (χ0v) is 9.45. The number of rotatable bonds is 4. The first-order chi connectivity index (χ1) is 7.10. The summed E-state index contributed by atoms with van der Waals surface area (Å²) in [6.45, 7) is 6.74. The monoisotopic (exact) mass is 210 g/mol. The number of aromatic amines is 1. The second-order valence-electron chi connectivity index (χ2n) is 3.55. The summed E-state index contributed by atoms with van der Waals surface area (Å²) in [5.41, 5.74) is 5.91. The topological polar surface area (TPSA) is 75.0 Å². The molecule has 1 aromatic heterocycles. The number of aromatic nitrogens is 2. The lowest BCUT2D eigenvalue weighted by molar-refractivity contribution is 0.0694. The number of carbonyl (C=O) groups is 1. The van der Waals surface area contributed by atoms with Gasteiger partial charge in [-0.25, -0.2) is 0 Å². The Morgan fingerprint density at radius 3 is 2.73 bits per heavy atom. The Morgan fingerprint density at radius 2 is 2.33 bits per heavy atom. The Hall–Kier alpha value is -1.52. The first-order valence-corrected chi connectivity index (χ1v) is 5.22. The van der Waals surface area contributed by atoms with Gasteiger partial charge in [0.2, 0.25) is 0 Å². The average Bonchev–Trinajstić information content (AvgIpc) is 2.65. The van der Waals surface area contributed by atoms with E-state index < -0.39 is 0 Å². The number of H-pyrrole nitrogens is 1. The molecule has 1 aromatic rings. The van der Waals surface area contributed by atoms with Crippen LogP contribution in [0.15, 0.2) is 6.07 Å². The standard InChI is InChI=1S/C10H18N4O/c1-4-7(3)14(5-2)10(15)8-6-9(11)13-12-8/h6-7H,4-5H2,1-3H3,(H3,11,12,13). The van der Waals surface area contributed by atoms with Gasteiger partial charge in [-0.15, -0.1) is 0 Å². The summed E-state index contributed by atoms with van der Waals surface area (Å²) in [6.07, 6.45) is 0.934. The molecule has 1 heterocycles. The van der Waals surface area contributed by atoms with E-state index in [1.165, 1.54) is 0 Å². The molecule has 1 atom stereocenters. The summed E-state index contributed by atoms with van der Waals surface area (Å²) in [6, 6.07) is 1.79. The lowest BCUT2D eigenvalue weighted by Crippen LogP contribution is -2.38. The van der Waals surface area contributed by atoms with Crippen molar-refractivity contribution in [2.24, 2.45) is 0 Å². The highest BCUT2D eigenvalue weighted by Gasteiger charge is 2.20. The number of nitrogens with one attached hydrogen (secondary N) is 1. The fourth-order valence-electron chi connectivity index (χ4n) is 1.48. The van der Waals surface area contributed by atoms with Gasteiger partial charge in [0, 0.05) is 18.7 Å². The SMILES string of the molecule is CCC(C)N(CC)C(=O)c1cc(N)n[nH]1. The molecule has 0 saturated heterocycles. The van der Waals surface area contributed by atoms with E-state index >= 15 is 0 Å². The number of hydrogen-bond acceptors (Lipinski definition) is 3. The molecule has 3 N–H and O–H groups in total. The molecule has 84 valence electrons. The molecular formula is C10H18N4O. The number of anilines is 1. The van der Waals surface area contributed by atoms with Crippen LogP contribution in [-0.2, 0) is 0 Å². The maximum absolute atomic E-state index is 12.0. The summed E-state index contributed by atoms with van der Waals surface area (Å²) >= 11 is 0. The van der Waals surface area contributed by atoms with Crippen LogP contribution in [0.4, 0.5) is 5.82 Å². The van der Waals surface area contributed by atoms with E-state index in [0.29, 0.717) is 18.1 Å². The zero-order valence-electron chi connectivity index (χ0n) is 9.45. The molecule has 0 spiro atoms. The molecule has 0 aromatic carbocycles. The van der Waals surface area contributed by atoms with Crippen molar-refractivity contribution in [3.05, 3.63) is 11.8 Å². The van der Waals surface area contributed by atoms with E-state index in [9.17, 15) is 4.79 Å². The number of carbonyl (C=O) groups excluding carboxylic acids is 1. The van der Waals surface area contributed by atoms with Crippen LogP contribution in [0, 0.1) is 0 Å². The van der Waals surface area contributed by atoms with Crippen molar-refractivity contribution < 1.29 is 4.79 Å². The summed E-state index contributed by atoms with van der Waals surface area (Å²) in [5, 5.41) is 6.38. The number of amides is 1. The van der Waals surface area contributed by atoms with E-state index in [-0.39, 0.29) is 11.9 Å². The number of nitrogens with zero attached hydrogens (tertiary/aromatic N) is 2. The highest BCUT2D eigenvalue weighted by Crippen LogP contribution is 2.10. The summed E-state index contributed by atoms with van der Waals surface area (Å²) < 4.78 is 0. The minimum atomic E-state index is -0.0453. The van der Waals surface area contributed by atoms with Crippen LogP contribution < -0.4 is 5.73 Å². The van der Waals surface area contributed by atoms with Crippen molar-refractivity contribution in [3.63, 3.8) is 0 Å². The molecule has 5 nitrogen and oxygen atoms in total. The van der Waals surface area contributed by atoms with Gasteiger partial charge < -0.3 is 10.6 Å². The predicted molar refractivity (Wildman–Crippen MR) is 59.5 cm³/mol. The Balaban J connectivity index is 2.82. The van der Waals surface area contributed by atoms with Crippen molar-refractivity contribution in [3.8, 4) is 0 Å². The third-order valence-electron chi connectivity index (χ3n) is 2.55. The van der Waals surface area contributed by atoms with Gasteiger partial charge in [-0.1, -0.05) is 6.92 Å². The average molecular weight is 210 g/mol. The minimum Gasteiger partial charge on any atom is -0.382 e. The second kappa shape index (κ2) is 4.82. The third-order valence-corrected chi connectivity index (χ3v) is 2.55. The predicted octanol–water partition coefficient (Wildman–Crippen LogP) is 1.25. The van der Waals surface area contributed by atoms with Gasteiger partial charge in [-0.2, -0.15) is 5.10 Å². The molecule has 1 rings (SSSR count). The van der Waals surface area contributed by atoms with E-state index in [1.54, 1.807) is 11.0 Å². The molecule has 0 radical (unpaired) electrons. The van der Waals surface area contributed by atoms with Crippen molar-refractivity contribution in [2.75, 3.05) is 12.3 Å². The number of nitrogen functional groups attached to an aromatic ring is 1. The molecule has 1 unspecified atom stereocenters. The van der Waals surface area contributed by atoms with Crippen LogP contribution in [-0.4, -0.2) is 33.6 Å². The van der Waals surface area contributed by atoms with Crippen molar-refractivity contribution in [2.45, 2.75) is 33.2 Å². The number of nitrogens with two attached hydrogens (primary N) is 1. The maximum atomic E-state index is 12.0. The molecule has 0 aliphatic carbocycles. The third kappa shape index (κ3) is 2.49. The molecule has 0 bridgehead atoms. The number of hydrogen-bond donors (Lipinski definition) is 2. The van der Waals surface area contributed by atoms with Crippen molar-refractivity contribution >= 4 is 11.7 Å². The van der Waals surface area contributed by atoms with E-state index in [4.69, 9.17) is 5.73 Å². The van der Waals surface area contributed by atoms with Gasteiger partial charge in [0.1, 0.15) is 11.5 Å². The van der Waals surface area contributed by atoms with Gasteiger partial charge in [0.25, 0.3) is 5.91 Å². The summed E-state index contributed by atoms with van der Waals surface area (Å²) in [4.78, 5) is 13.8. The lowest BCUT2D eigenvalue weighted by atomic mass is 10.2. The molecule has 0 saturated carbocycles. The van der Waals surface area contributed by atoms with Gasteiger partial charge in [-0.05, 0) is 20.3 Å². The zero-order chi connectivity index (χ0) is 11.4. The summed E-state index contributed by atoms with van der Waals surface area (Å²) in [5.74, 6) is 0.301. The molecule has 0 aliphatic heterocycles. The van der Waals surface area contributed by atoms with Crippen LogP contribution in [0.2, 0.25) is 0 Å². The van der Waals surface area contributed by atoms with Crippen LogP contribution >= 0.6 is 0 Å². The highest BCUT2D eigenvalue weighted by atomic mass is 16.2. The van der Waals surface area contributed by atoms with Crippen molar-refractivity contribution in [1.82, 2.24) is 15.1 Å². The summed E-state index contributed by atoms with van der Waals surface area (Å²) in [7, 11) is 0. The van der Waals surface area contributed by atoms with E-state index in [1.807, 2.05) is 13.8 Å². The Kier molecular flexibility index (Phi) is 3.71. The van der Waals surface area contributed by atoms with Crippen LogP contribution in [0.1, 0.15) is 37.7 Å². The normalized spacial score (nSPS) is 12.5. The molecule has 5 heteroatoms. The fourth-order valence-corrected chi connectivity index (χ4v) is 1.48. The Bertz CT molecular complexity index is 334. The molecule has 15 heavy (non-hydrogen) atoms. The van der Waals surface area contributed by atoms with Gasteiger partial charge in [0.05, 0.1) is 0 Å². The van der Waals surface area contributed by atoms with E-state index in [2.05, 4.69) is 17.1 Å². The first kappa shape index (κ1) is 11.6. The molecular weight excluding hydrogens is 192 g/mol. The Morgan fingerprint density at radius 1 is 1.67 bits per heavy atom. The largest absolute Gasteiger partial charge is 0.382 e. The van der Waals surface area contributed by atoms with E-state index in [0.717, 1.165) is 6.42 Å². The van der Waals surface area contributed by atoms with Crippen LogP contribution in [0.25, 0.3) is 0 Å². The van der Waals surface area contributed by atoms with Crippen LogP contribution in [0.3, 0.4) is 0 Å². The fraction of sp³-hybridized carbons (Fsp3) is 0.600. The van der Waals surface area contributed by atoms with Crippen LogP contribution in [0.5, 0.6) is 0 Å². The molecule has 0 aliphatic rings. The van der Waals surface area contributed by atoms with Gasteiger partial charge in [0.15, 0.2) is 0 Å². The lowest BCUT2D eigenvalue weighted by Gasteiger charge is -2.26. The Labute approximate surface area is 89.6 Å².